The molecule has 3 aromatic rings. The average molecular weight is 615 g/mol. The molecule has 2 aromatic carbocycles. The fourth-order valence-electron chi connectivity index (χ4n) is 5.62. The van der Waals surface area contributed by atoms with Crippen LogP contribution in [0.2, 0.25) is 0 Å². The van der Waals surface area contributed by atoms with Gasteiger partial charge in [0.25, 0.3) is 0 Å². The van der Waals surface area contributed by atoms with E-state index in [1.54, 1.807) is 16.8 Å². The second kappa shape index (κ2) is 14.5. The first kappa shape index (κ1) is 31.9. The number of piperazine rings is 1. The maximum absolute atomic E-state index is 13.2. The largest absolute Gasteiger partial charge is 0.510 e. The van der Waals surface area contributed by atoms with Gasteiger partial charge in [-0.1, -0.05) is 98.0 Å². The summed E-state index contributed by atoms with van der Waals surface area (Å²) in [4.78, 5) is 4.49. The molecular weight excluding hydrogens is 577 g/mol. The molecule has 1 aromatic heterocycles. The SMILES string of the molecule is CC1=C(n2nnnc2[C@@H](/C(O)=C/C=C/c2cccc(C(F)(F)F)c2)N2CCN(C/C=C/c3ccccc3)CC2)C(C)C=CC=C1. The Kier molecular flexibility index (Phi) is 10.3. The maximum atomic E-state index is 13.2. The molecule has 234 valence electrons. The van der Waals surface area contributed by atoms with E-state index in [1.807, 2.05) is 43.4 Å². The second-order valence-corrected chi connectivity index (χ2v) is 11.2. The molecule has 10 heteroatoms. The Bertz CT molecular complexity index is 1630. The number of aliphatic hydroxyl groups is 1. The van der Waals surface area contributed by atoms with E-state index in [-0.39, 0.29) is 11.7 Å². The molecule has 1 unspecified atom stereocenters. The Balaban J connectivity index is 1.40. The molecule has 1 N–H and O–H groups in total. The van der Waals surface area contributed by atoms with Gasteiger partial charge >= 0.3 is 6.18 Å². The fraction of sp³-hybridized carbons (Fsp3) is 0.286. The van der Waals surface area contributed by atoms with Crippen LogP contribution < -0.4 is 0 Å². The molecule has 2 atom stereocenters. The number of allylic oxidation sites excluding steroid dienone is 8. The Morgan fingerprint density at radius 1 is 1.00 bits per heavy atom. The zero-order chi connectivity index (χ0) is 31.8. The topological polar surface area (TPSA) is 70.3 Å². The Morgan fingerprint density at radius 2 is 1.76 bits per heavy atom. The van der Waals surface area contributed by atoms with Gasteiger partial charge in [0, 0.05) is 38.6 Å². The van der Waals surface area contributed by atoms with E-state index in [2.05, 4.69) is 62.6 Å². The number of rotatable bonds is 9. The Labute approximate surface area is 261 Å². The molecule has 0 spiro atoms. The van der Waals surface area contributed by atoms with E-state index in [9.17, 15) is 18.3 Å². The maximum Gasteiger partial charge on any atom is 0.416 e. The standard InChI is InChI=1S/C35H37F3N6O/c1-26-11-6-7-12-27(2)32(26)44-34(39-40-41-44)33(31(45)19-9-16-29-15-8-18-30(25-29)35(36,37)38)43-23-21-42(22-24-43)20-10-17-28-13-4-3-5-14-28/h3-19,25-26,33,45H,20-24H2,1-2H3/b16-9+,17-10+,31-19-/t26?,33-/m1/s1. The number of aliphatic hydroxyl groups excluding tert-OH is 1. The predicted molar refractivity (Wildman–Crippen MR) is 172 cm³/mol. The van der Waals surface area contributed by atoms with Gasteiger partial charge in [-0.3, -0.25) is 9.80 Å². The third-order valence-electron chi connectivity index (χ3n) is 7.95. The molecule has 0 saturated carbocycles. The lowest BCUT2D eigenvalue weighted by Crippen LogP contribution is -2.48. The van der Waals surface area contributed by atoms with Crippen molar-refractivity contribution in [3.63, 3.8) is 0 Å². The van der Waals surface area contributed by atoms with Crippen LogP contribution in [-0.4, -0.2) is 67.8 Å². The second-order valence-electron chi connectivity index (χ2n) is 11.2. The summed E-state index contributed by atoms with van der Waals surface area (Å²) in [6, 6.07) is 14.6. The van der Waals surface area contributed by atoms with Crippen molar-refractivity contribution in [3.8, 4) is 0 Å². The first-order chi connectivity index (χ1) is 21.7. The van der Waals surface area contributed by atoms with Gasteiger partial charge in [-0.2, -0.15) is 17.9 Å². The van der Waals surface area contributed by atoms with Crippen molar-refractivity contribution in [2.24, 2.45) is 5.92 Å². The van der Waals surface area contributed by atoms with Crippen LogP contribution in [-0.2, 0) is 6.18 Å². The summed E-state index contributed by atoms with van der Waals surface area (Å²) in [6.45, 7) is 7.72. The Hall–Kier alpha value is -4.54. The first-order valence-corrected chi connectivity index (χ1v) is 15.0. The highest BCUT2D eigenvalue weighted by atomic mass is 19.4. The Morgan fingerprint density at radius 3 is 2.51 bits per heavy atom. The van der Waals surface area contributed by atoms with E-state index in [4.69, 9.17) is 0 Å². The summed E-state index contributed by atoms with van der Waals surface area (Å²) in [5, 5.41) is 24.3. The monoisotopic (exact) mass is 614 g/mol. The predicted octanol–water partition coefficient (Wildman–Crippen LogP) is 7.21. The highest BCUT2D eigenvalue weighted by Gasteiger charge is 2.34. The van der Waals surface area contributed by atoms with Gasteiger partial charge in [-0.25, -0.2) is 0 Å². The third-order valence-corrected chi connectivity index (χ3v) is 7.95. The lowest BCUT2D eigenvalue weighted by atomic mass is 10.0. The third kappa shape index (κ3) is 8.14. The van der Waals surface area contributed by atoms with Gasteiger partial charge in [0.05, 0.1) is 11.3 Å². The average Bonchev–Trinajstić information content (AvgIpc) is 3.42. The van der Waals surface area contributed by atoms with Gasteiger partial charge in [0.1, 0.15) is 11.8 Å². The van der Waals surface area contributed by atoms with E-state index in [0.717, 1.165) is 48.6 Å². The van der Waals surface area contributed by atoms with Crippen molar-refractivity contribution < 1.29 is 18.3 Å². The number of nitrogens with zero attached hydrogens (tertiary/aromatic N) is 6. The molecule has 7 nitrogen and oxygen atoms in total. The molecule has 1 aliphatic carbocycles. The molecule has 45 heavy (non-hydrogen) atoms. The van der Waals surface area contributed by atoms with E-state index in [1.165, 1.54) is 18.2 Å². The molecule has 0 amide bonds. The fourth-order valence-corrected chi connectivity index (χ4v) is 5.62. The smallest absolute Gasteiger partial charge is 0.416 e. The number of benzene rings is 2. The van der Waals surface area contributed by atoms with Crippen LogP contribution in [0.4, 0.5) is 13.2 Å². The number of hydrogen-bond donors (Lipinski definition) is 1. The van der Waals surface area contributed by atoms with Crippen molar-refractivity contribution in [2.45, 2.75) is 26.1 Å². The minimum Gasteiger partial charge on any atom is -0.510 e. The summed E-state index contributed by atoms with van der Waals surface area (Å²) in [7, 11) is 0. The highest BCUT2D eigenvalue weighted by molar-refractivity contribution is 5.59. The number of tetrazole rings is 1. The minimum absolute atomic E-state index is 0.00249. The number of hydrogen-bond acceptors (Lipinski definition) is 6. The van der Waals surface area contributed by atoms with Crippen LogP contribution >= 0.6 is 0 Å². The summed E-state index contributed by atoms with van der Waals surface area (Å²) in [5.41, 5.74) is 2.71. The minimum atomic E-state index is -4.43. The number of alkyl halides is 3. The van der Waals surface area contributed by atoms with Gasteiger partial charge in [-0.05, 0) is 52.3 Å². The highest BCUT2D eigenvalue weighted by Crippen LogP contribution is 2.33. The van der Waals surface area contributed by atoms with Crippen LogP contribution in [0.1, 0.15) is 42.4 Å². The van der Waals surface area contributed by atoms with Crippen molar-refractivity contribution in [1.82, 2.24) is 30.0 Å². The number of halogens is 3. The van der Waals surface area contributed by atoms with Crippen LogP contribution in [0.5, 0.6) is 0 Å². The van der Waals surface area contributed by atoms with Gasteiger partial charge in [-0.15, -0.1) is 5.10 Å². The van der Waals surface area contributed by atoms with E-state index >= 15 is 0 Å². The quantitative estimate of drug-likeness (QED) is 0.203. The van der Waals surface area contributed by atoms with E-state index < -0.39 is 17.8 Å². The zero-order valence-electron chi connectivity index (χ0n) is 25.3. The first-order valence-electron chi connectivity index (χ1n) is 15.0. The summed E-state index contributed by atoms with van der Waals surface area (Å²) < 4.78 is 41.3. The summed E-state index contributed by atoms with van der Waals surface area (Å²) in [5.74, 6) is 0.485. The molecule has 0 bridgehead atoms. The van der Waals surface area contributed by atoms with Crippen LogP contribution in [0.3, 0.4) is 0 Å². The summed E-state index contributed by atoms with van der Waals surface area (Å²) in [6.07, 6.45) is 12.5. The molecule has 5 rings (SSSR count). The molecule has 2 aliphatic rings. The van der Waals surface area contributed by atoms with Crippen LogP contribution in [0.15, 0.2) is 108 Å². The molecule has 0 radical (unpaired) electrons. The molecule has 2 heterocycles. The van der Waals surface area contributed by atoms with Crippen molar-refractivity contribution in [3.05, 3.63) is 131 Å². The van der Waals surface area contributed by atoms with Gasteiger partial charge in [0.2, 0.25) is 0 Å². The van der Waals surface area contributed by atoms with Crippen molar-refractivity contribution in [1.29, 1.82) is 0 Å². The normalized spacial score (nSPS) is 19.6. The van der Waals surface area contributed by atoms with E-state index in [0.29, 0.717) is 24.5 Å². The molecular formula is C35H37F3N6O. The molecule has 1 saturated heterocycles. The van der Waals surface area contributed by atoms with Crippen LogP contribution in [0, 0.1) is 5.92 Å². The number of aromatic nitrogens is 4. The lowest BCUT2D eigenvalue weighted by Gasteiger charge is -2.38. The molecule has 1 fully saturated rings. The lowest BCUT2D eigenvalue weighted by molar-refractivity contribution is -0.137. The van der Waals surface area contributed by atoms with Gasteiger partial charge in [0.15, 0.2) is 5.82 Å². The van der Waals surface area contributed by atoms with Crippen molar-refractivity contribution in [2.75, 3.05) is 32.7 Å². The van der Waals surface area contributed by atoms with Gasteiger partial charge < -0.3 is 5.11 Å². The van der Waals surface area contributed by atoms with Crippen LogP contribution in [0.25, 0.3) is 17.8 Å². The summed E-state index contributed by atoms with van der Waals surface area (Å²) >= 11 is 0. The van der Waals surface area contributed by atoms with Crippen molar-refractivity contribution >= 4 is 17.8 Å². The zero-order valence-corrected chi connectivity index (χ0v) is 25.3. The molecule has 1 aliphatic heterocycles.